The number of halogens is 1. The van der Waals surface area contributed by atoms with Gasteiger partial charge in [0.2, 0.25) is 12.1 Å². The van der Waals surface area contributed by atoms with Gasteiger partial charge in [-0.2, -0.15) is 4.73 Å². The highest BCUT2D eigenvalue weighted by molar-refractivity contribution is 6.17. The van der Waals surface area contributed by atoms with E-state index in [9.17, 15) is 15.1 Å². The first-order chi connectivity index (χ1) is 9.85. The topological polar surface area (TPSA) is 85.5 Å². The molecule has 2 N–H and O–H groups in total. The van der Waals surface area contributed by atoms with Gasteiger partial charge in [0.25, 0.3) is 0 Å². The molecule has 0 saturated heterocycles. The molecule has 2 rings (SSSR count). The zero-order chi connectivity index (χ0) is 15.6. The van der Waals surface area contributed by atoms with E-state index >= 15 is 0 Å². The van der Waals surface area contributed by atoms with E-state index in [1.54, 1.807) is 19.9 Å². The van der Waals surface area contributed by atoms with Crippen molar-refractivity contribution in [1.82, 2.24) is 5.32 Å². The Balaban J connectivity index is 2.28. The van der Waals surface area contributed by atoms with Crippen LogP contribution in [-0.2, 0) is 4.79 Å². The molecule has 1 aromatic heterocycles. The molecule has 116 valence electrons. The number of carbonyl (C=O) groups is 1. The molecule has 0 bridgehead atoms. The van der Waals surface area contributed by atoms with E-state index < -0.39 is 17.7 Å². The van der Waals surface area contributed by atoms with Crippen molar-refractivity contribution in [3.05, 3.63) is 29.2 Å². The summed E-state index contributed by atoms with van der Waals surface area (Å²) in [7, 11) is 0. The molecule has 21 heavy (non-hydrogen) atoms. The van der Waals surface area contributed by atoms with Gasteiger partial charge in [0.1, 0.15) is 11.7 Å². The number of nitrogens with one attached hydrogen (secondary N) is 1. The number of alkyl halides is 1. The lowest BCUT2D eigenvalue weighted by Gasteiger charge is -2.41. The van der Waals surface area contributed by atoms with E-state index in [0.29, 0.717) is 28.3 Å². The predicted octanol–water partition coefficient (Wildman–Crippen LogP) is 1.03. The van der Waals surface area contributed by atoms with Gasteiger partial charge < -0.3 is 20.4 Å². The Hall–Kier alpha value is -1.53. The first-order valence-corrected chi connectivity index (χ1v) is 7.33. The van der Waals surface area contributed by atoms with Gasteiger partial charge in [-0.15, -0.1) is 11.6 Å². The summed E-state index contributed by atoms with van der Waals surface area (Å²) in [5.74, 6) is 0.579. The highest BCUT2D eigenvalue weighted by Crippen LogP contribution is 2.38. The SMILES string of the molecule is CC1(C)Oc2c[n+]([O-])ccc2C(NC(=O)CCCCl)C1O. The van der Waals surface area contributed by atoms with Gasteiger partial charge >= 0.3 is 0 Å². The molecular weight excluding hydrogens is 296 g/mol. The molecule has 7 heteroatoms. The smallest absolute Gasteiger partial charge is 0.222 e. The lowest BCUT2D eigenvalue weighted by atomic mass is 9.87. The average molecular weight is 315 g/mol. The summed E-state index contributed by atoms with van der Waals surface area (Å²) in [5, 5.41) is 24.6. The van der Waals surface area contributed by atoms with Crippen molar-refractivity contribution in [2.24, 2.45) is 0 Å². The number of rotatable bonds is 4. The lowest BCUT2D eigenvalue weighted by molar-refractivity contribution is -0.606. The van der Waals surface area contributed by atoms with Crippen LogP contribution in [-0.4, -0.2) is 28.6 Å². The van der Waals surface area contributed by atoms with E-state index in [4.69, 9.17) is 16.3 Å². The molecule has 0 fully saturated rings. The number of hydrogen-bond acceptors (Lipinski definition) is 4. The van der Waals surface area contributed by atoms with E-state index in [-0.39, 0.29) is 12.3 Å². The number of carbonyl (C=O) groups excluding carboxylic acids is 1. The Labute approximate surface area is 128 Å². The highest BCUT2D eigenvalue weighted by atomic mass is 35.5. The van der Waals surface area contributed by atoms with E-state index in [1.165, 1.54) is 12.4 Å². The van der Waals surface area contributed by atoms with Crippen LogP contribution in [0.3, 0.4) is 0 Å². The van der Waals surface area contributed by atoms with Crippen LogP contribution >= 0.6 is 11.6 Å². The maximum Gasteiger partial charge on any atom is 0.222 e. The third-order valence-electron chi connectivity index (χ3n) is 3.52. The number of ether oxygens (including phenoxy) is 1. The summed E-state index contributed by atoms with van der Waals surface area (Å²) >= 11 is 5.57. The number of nitrogens with zero attached hydrogens (tertiary/aromatic N) is 1. The minimum Gasteiger partial charge on any atom is -0.619 e. The quantitative estimate of drug-likeness (QED) is 0.494. The fourth-order valence-corrected chi connectivity index (χ4v) is 2.49. The molecule has 0 radical (unpaired) electrons. The fraction of sp³-hybridized carbons (Fsp3) is 0.571. The van der Waals surface area contributed by atoms with Gasteiger partial charge in [-0.25, -0.2) is 0 Å². The fourth-order valence-electron chi connectivity index (χ4n) is 2.36. The van der Waals surface area contributed by atoms with Crippen LogP contribution in [0.15, 0.2) is 18.5 Å². The molecule has 0 aliphatic carbocycles. The van der Waals surface area contributed by atoms with Crippen LogP contribution in [0.1, 0.15) is 38.3 Å². The second kappa shape index (κ2) is 6.07. The van der Waals surface area contributed by atoms with Crippen LogP contribution < -0.4 is 14.8 Å². The van der Waals surface area contributed by atoms with Crippen molar-refractivity contribution in [2.75, 3.05) is 5.88 Å². The van der Waals surface area contributed by atoms with Gasteiger partial charge in [-0.05, 0) is 20.3 Å². The second-order valence-corrected chi connectivity index (χ2v) is 5.99. The minimum absolute atomic E-state index is 0.192. The monoisotopic (exact) mass is 314 g/mol. The number of aliphatic hydroxyl groups excluding tert-OH is 1. The maximum atomic E-state index is 11.9. The zero-order valence-corrected chi connectivity index (χ0v) is 12.8. The Bertz CT molecular complexity index is 536. The van der Waals surface area contributed by atoms with Gasteiger partial charge in [0.15, 0.2) is 11.9 Å². The first-order valence-electron chi connectivity index (χ1n) is 6.80. The standard InChI is InChI=1S/C14H19ClN2O4/c1-14(2)13(19)12(16-11(18)4-3-6-15)9-5-7-17(20)8-10(9)21-14/h5,7-8,12-13,19H,3-4,6H2,1-2H3,(H,16,18). The first kappa shape index (κ1) is 15.9. The summed E-state index contributed by atoms with van der Waals surface area (Å²) in [4.78, 5) is 11.9. The second-order valence-electron chi connectivity index (χ2n) is 5.61. The summed E-state index contributed by atoms with van der Waals surface area (Å²) in [6, 6.07) is 0.931. The Kier molecular flexibility index (Phi) is 4.58. The van der Waals surface area contributed by atoms with Gasteiger partial charge in [0.05, 0.1) is 6.04 Å². The van der Waals surface area contributed by atoms with Gasteiger partial charge in [-0.3, -0.25) is 4.79 Å². The molecule has 0 saturated carbocycles. The Morgan fingerprint density at radius 3 is 3.00 bits per heavy atom. The van der Waals surface area contributed by atoms with Gasteiger partial charge in [-0.1, -0.05) is 0 Å². The van der Waals surface area contributed by atoms with E-state index in [1.807, 2.05) is 0 Å². The Morgan fingerprint density at radius 2 is 2.33 bits per heavy atom. The largest absolute Gasteiger partial charge is 0.619 e. The molecular formula is C14H19ClN2O4. The van der Waals surface area contributed by atoms with Crippen molar-refractivity contribution in [3.8, 4) is 5.75 Å². The summed E-state index contributed by atoms with van der Waals surface area (Å²) in [5.41, 5.74) is -0.320. The third-order valence-corrected chi connectivity index (χ3v) is 3.79. The van der Waals surface area contributed by atoms with Crippen molar-refractivity contribution < 1.29 is 19.4 Å². The van der Waals surface area contributed by atoms with E-state index in [2.05, 4.69) is 5.32 Å². The number of fused-ring (bicyclic) bond motifs is 1. The van der Waals surface area contributed by atoms with Crippen LogP contribution in [0.2, 0.25) is 0 Å². The number of aromatic nitrogens is 1. The minimum atomic E-state index is -0.924. The number of amides is 1. The zero-order valence-electron chi connectivity index (χ0n) is 12.0. The summed E-state index contributed by atoms with van der Waals surface area (Å²) < 4.78 is 6.29. The average Bonchev–Trinajstić information content (AvgIpc) is 2.41. The molecule has 0 spiro atoms. The van der Waals surface area contributed by atoms with Crippen LogP contribution in [0.5, 0.6) is 5.75 Å². The molecule has 2 heterocycles. The molecule has 0 aromatic carbocycles. The molecule has 2 atom stereocenters. The Morgan fingerprint density at radius 1 is 1.62 bits per heavy atom. The van der Waals surface area contributed by atoms with E-state index in [0.717, 1.165) is 0 Å². The lowest BCUT2D eigenvalue weighted by Crippen LogP contribution is -2.54. The van der Waals surface area contributed by atoms with Crippen molar-refractivity contribution in [2.45, 2.75) is 44.4 Å². The van der Waals surface area contributed by atoms with Crippen molar-refractivity contribution in [1.29, 1.82) is 0 Å². The number of hydrogen-bond donors (Lipinski definition) is 2. The molecule has 1 aliphatic heterocycles. The highest BCUT2D eigenvalue weighted by Gasteiger charge is 2.44. The van der Waals surface area contributed by atoms with Crippen molar-refractivity contribution in [3.63, 3.8) is 0 Å². The van der Waals surface area contributed by atoms with Crippen LogP contribution in [0.25, 0.3) is 0 Å². The van der Waals surface area contributed by atoms with Crippen molar-refractivity contribution >= 4 is 17.5 Å². The van der Waals surface area contributed by atoms with Crippen LogP contribution in [0.4, 0.5) is 0 Å². The molecule has 1 amide bonds. The third kappa shape index (κ3) is 3.39. The maximum absolute atomic E-state index is 11.9. The van der Waals surface area contributed by atoms with Gasteiger partial charge in [0, 0.05) is 23.9 Å². The predicted molar refractivity (Wildman–Crippen MR) is 77.0 cm³/mol. The normalized spacial score (nSPS) is 23.0. The number of pyridine rings is 1. The molecule has 1 aromatic rings. The molecule has 6 nitrogen and oxygen atoms in total. The molecule has 1 aliphatic rings. The number of aliphatic hydroxyl groups is 1. The summed E-state index contributed by atoms with van der Waals surface area (Å²) in [6.07, 6.45) is 2.54. The summed E-state index contributed by atoms with van der Waals surface area (Å²) in [6.45, 7) is 3.42. The van der Waals surface area contributed by atoms with Crippen LogP contribution in [0, 0.1) is 5.21 Å². The molecule has 2 unspecified atom stereocenters.